The van der Waals surface area contributed by atoms with Crippen molar-refractivity contribution in [3.05, 3.63) is 0 Å². The predicted molar refractivity (Wildman–Crippen MR) is 83.2 cm³/mol. The zero-order valence-corrected chi connectivity index (χ0v) is 14.4. The van der Waals surface area contributed by atoms with Crippen molar-refractivity contribution in [2.45, 2.75) is 37.8 Å². The van der Waals surface area contributed by atoms with Gasteiger partial charge in [0.15, 0.2) is 0 Å². The van der Waals surface area contributed by atoms with Crippen LogP contribution < -0.4 is 4.72 Å². The average Bonchev–Trinajstić information content (AvgIpc) is 2.28. The molecule has 2 saturated heterocycles. The van der Waals surface area contributed by atoms with E-state index >= 15 is 0 Å². The number of hydrogen-bond acceptors (Lipinski definition) is 5. The van der Waals surface area contributed by atoms with Crippen LogP contribution in [0.4, 0.5) is 0 Å². The van der Waals surface area contributed by atoms with Crippen LogP contribution in [0.3, 0.4) is 0 Å². The van der Waals surface area contributed by atoms with E-state index in [-0.39, 0.29) is 12.1 Å². The van der Waals surface area contributed by atoms with Gasteiger partial charge in [-0.15, -0.1) is 0 Å². The van der Waals surface area contributed by atoms with Crippen molar-refractivity contribution < 1.29 is 17.3 Å². The fourth-order valence-electron chi connectivity index (χ4n) is 2.15. The second-order valence-electron chi connectivity index (χ2n) is 4.78. The lowest BCUT2D eigenvalue weighted by atomic mass is 10.0. The summed E-state index contributed by atoms with van der Waals surface area (Å²) in [6, 6.07) is -0.0956. The molecular formula is C10H19IN2O4S2. The minimum atomic E-state index is -3.29. The number of rotatable bonds is 7. The molecule has 2 heterocycles. The van der Waals surface area contributed by atoms with Gasteiger partial charge in [-0.3, -0.25) is 0 Å². The number of hydrogen-bond donors (Lipinski definition) is 1. The third-order valence-electron chi connectivity index (χ3n) is 3.41. The molecule has 0 bridgehead atoms. The molecule has 0 aromatic heterocycles. The molecular weight excluding hydrogens is 403 g/mol. The van der Waals surface area contributed by atoms with Crippen molar-refractivity contribution in [3.8, 4) is 0 Å². The van der Waals surface area contributed by atoms with Crippen LogP contribution in [0.2, 0.25) is 0 Å². The van der Waals surface area contributed by atoms with E-state index in [1.807, 2.05) is 0 Å². The van der Waals surface area contributed by atoms with Gasteiger partial charge in [-0.25, -0.2) is 0 Å². The summed E-state index contributed by atoms with van der Waals surface area (Å²) < 4.78 is 38.9. The van der Waals surface area contributed by atoms with Gasteiger partial charge in [0.25, 0.3) is 10.2 Å². The molecule has 0 amide bonds. The molecule has 0 aromatic rings. The molecule has 0 radical (unpaired) electrons. The maximum absolute atomic E-state index is 11.9. The fraction of sp³-hybridized carbons (Fsp3) is 1.00. The van der Waals surface area contributed by atoms with Gasteiger partial charge in [-0.1, -0.05) is 0 Å². The fourth-order valence-corrected chi connectivity index (χ4v) is 4.34. The molecule has 2 rings (SSSR count). The highest BCUT2D eigenvalue weighted by Crippen LogP contribution is 2.20. The van der Waals surface area contributed by atoms with Crippen LogP contribution in [0.15, 0.2) is 0 Å². The first kappa shape index (κ1) is 16.2. The Balaban J connectivity index is 1.68. The lowest BCUT2D eigenvalue weighted by Gasteiger charge is -2.34. The van der Waals surface area contributed by atoms with Gasteiger partial charge in [0.05, 0.1) is 28.5 Å². The molecule has 0 unspecified atom stereocenters. The van der Waals surface area contributed by atoms with Crippen LogP contribution in [-0.4, -0.2) is 51.2 Å². The number of ether oxygens (including phenoxy) is 1. The van der Waals surface area contributed by atoms with Crippen LogP contribution in [-0.2, 0) is 19.1 Å². The minimum absolute atomic E-state index is 0.0956. The Bertz CT molecular complexity index is 370. The molecule has 2 atom stereocenters. The average molecular weight is 422 g/mol. The zero-order valence-electron chi connectivity index (χ0n) is 10.6. The van der Waals surface area contributed by atoms with Crippen molar-refractivity contribution in [3.63, 3.8) is 0 Å². The standard InChI is InChI=1S/C10H19IN2O4S2/c11-18-17-7-4-10-3-2-9(8-16-10)12-19(14,15)13-5-1-6-13/h9-10,12H,1-8H2/t9-,10+/m1/s1. The topological polar surface area (TPSA) is 67.9 Å². The summed E-state index contributed by atoms with van der Waals surface area (Å²) in [6.07, 6.45) is 3.71. The van der Waals surface area contributed by atoms with E-state index in [0.29, 0.717) is 26.3 Å². The Morgan fingerprint density at radius 3 is 2.74 bits per heavy atom. The second-order valence-corrected chi connectivity index (χ2v) is 7.92. The SMILES string of the molecule is O=S(=O)(N[C@@H]1CC[C@@H](CCOSI)OC1)N1CCC1. The molecule has 0 aliphatic carbocycles. The predicted octanol–water partition coefficient (Wildman–Crippen LogP) is 1.48. The monoisotopic (exact) mass is 422 g/mol. The van der Waals surface area contributed by atoms with Gasteiger partial charge in [0.1, 0.15) is 0 Å². The zero-order chi connectivity index (χ0) is 13.7. The number of nitrogens with one attached hydrogen (secondary N) is 1. The molecule has 6 nitrogen and oxygen atoms in total. The molecule has 0 spiro atoms. The van der Waals surface area contributed by atoms with Crippen molar-refractivity contribution in [2.75, 3.05) is 26.3 Å². The Morgan fingerprint density at radius 1 is 1.42 bits per heavy atom. The summed E-state index contributed by atoms with van der Waals surface area (Å²) in [4.78, 5) is 0. The van der Waals surface area contributed by atoms with Crippen molar-refractivity contribution in [2.24, 2.45) is 0 Å². The highest BCUT2D eigenvalue weighted by Gasteiger charge is 2.31. The van der Waals surface area contributed by atoms with Crippen LogP contribution in [0, 0.1) is 0 Å². The van der Waals surface area contributed by atoms with E-state index in [0.717, 1.165) is 25.7 Å². The van der Waals surface area contributed by atoms with Crippen molar-refractivity contribution >= 4 is 40.6 Å². The van der Waals surface area contributed by atoms with Crippen molar-refractivity contribution in [1.29, 1.82) is 0 Å². The summed E-state index contributed by atoms with van der Waals surface area (Å²) in [6.45, 7) is 2.39. The third-order valence-corrected chi connectivity index (χ3v) is 6.10. The molecule has 2 fully saturated rings. The van der Waals surface area contributed by atoms with E-state index in [1.54, 1.807) is 0 Å². The van der Waals surface area contributed by atoms with E-state index in [9.17, 15) is 8.42 Å². The third kappa shape index (κ3) is 4.97. The molecule has 112 valence electrons. The van der Waals surface area contributed by atoms with Crippen LogP contribution in [0.25, 0.3) is 0 Å². The van der Waals surface area contributed by atoms with E-state index in [4.69, 9.17) is 8.92 Å². The Labute approximate surface area is 130 Å². The van der Waals surface area contributed by atoms with Gasteiger partial charge in [-0.05, 0) is 25.7 Å². The summed E-state index contributed by atoms with van der Waals surface area (Å²) in [5.41, 5.74) is 0. The Kier molecular flexibility index (Phi) is 6.63. The first-order valence-corrected chi connectivity index (χ1v) is 11.1. The van der Waals surface area contributed by atoms with Crippen LogP contribution >= 0.6 is 30.4 Å². The van der Waals surface area contributed by atoms with Gasteiger partial charge < -0.3 is 8.92 Å². The van der Waals surface area contributed by atoms with Crippen LogP contribution in [0.1, 0.15) is 25.7 Å². The number of halogens is 1. The molecule has 19 heavy (non-hydrogen) atoms. The summed E-state index contributed by atoms with van der Waals surface area (Å²) in [5, 5.41) is 0. The van der Waals surface area contributed by atoms with Gasteiger partial charge in [0.2, 0.25) is 0 Å². The minimum Gasteiger partial charge on any atom is -0.376 e. The summed E-state index contributed by atoms with van der Waals surface area (Å²) >= 11 is 2.09. The van der Waals surface area contributed by atoms with Gasteiger partial charge in [-0.2, -0.15) is 17.4 Å². The molecule has 0 saturated carbocycles. The van der Waals surface area contributed by atoms with Crippen molar-refractivity contribution in [1.82, 2.24) is 9.03 Å². The summed E-state index contributed by atoms with van der Waals surface area (Å²) in [7, 11) is -1.96. The second kappa shape index (κ2) is 7.76. The Morgan fingerprint density at radius 2 is 2.21 bits per heavy atom. The van der Waals surface area contributed by atoms with Gasteiger partial charge >= 0.3 is 0 Å². The molecule has 1 N–H and O–H groups in total. The van der Waals surface area contributed by atoms with E-state index in [2.05, 4.69) is 25.9 Å². The smallest absolute Gasteiger partial charge is 0.279 e. The van der Waals surface area contributed by atoms with E-state index in [1.165, 1.54) is 13.5 Å². The largest absolute Gasteiger partial charge is 0.376 e. The quantitative estimate of drug-likeness (QED) is 0.383. The summed E-state index contributed by atoms with van der Waals surface area (Å²) in [5.74, 6) is 0. The molecule has 2 aliphatic rings. The lowest BCUT2D eigenvalue weighted by molar-refractivity contribution is -0.00791. The molecule has 9 heteroatoms. The lowest BCUT2D eigenvalue weighted by Crippen LogP contribution is -2.53. The molecule has 2 aliphatic heterocycles. The normalized spacial score (nSPS) is 29.1. The highest BCUT2D eigenvalue weighted by atomic mass is 127. The Hall–Kier alpha value is 0.870. The first-order valence-electron chi connectivity index (χ1n) is 6.41. The number of nitrogens with zero attached hydrogens (tertiary/aromatic N) is 1. The van der Waals surface area contributed by atoms with Gasteiger partial charge in [0, 0.05) is 40.3 Å². The first-order chi connectivity index (χ1) is 9.12. The maximum atomic E-state index is 11.9. The molecule has 0 aromatic carbocycles. The maximum Gasteiger partial charge on any atom is 0.279 e. The highest BCUT2D eigenvalue weighted by molar-refractivity contribution is 14.2. The van der Waals surface area contributed by atoms with Crippen LogP contribution in [0.5, 0.6) is 0 Å². The van der Waals surface area contributed by atoms with E-state index < -0.39 is 10.2 Å².